The van der Waals surface area contributed by atoms with Crippen molar-refractivity contribution < 1.29 is 9.90 Å². The van der Waals surface area contributed by atoms with Gasteiger partial charge in [0.05, 0.1) is 0 Å². The summed E-state index contributed by atoms with van der Waals surface area (Å²) in [7, 11) is 1.98. The van der Waals surface area contributed by atoms with Gasteiger partial charge in [-0.15, -0.1) is 11.3 Å². The molecule has 1 N–H and O–H groups in total. The first-order valence-electron chi connectivity index (χ1n) is 6.21. The topological polar surface area (TPSA) is 40.5 Å². The average molecular weight is 275 g/mol. The van der Waals surface area contributed by atoms with Gasteiger partial charge in [0.1, 0.15) is 4.88 Å². The highest BCUT2D eigenvalue weighted by molar-refractivity contribution is 7.12. The van der Waals surface area contributed by atoms with Gasteiger partial charge in [-0.2, -0.15) is 0 Å². The highest BCUT2D eigenvalue weighted by Crippen LogP contribution is 2.21. The fourth-order valence-corrected chi connectivity index (χ4v) is 2.73. The van der Waals surface area contributed by atoms with Crippen LogP contribution >= 0.6 is 11.3 Å². The second-order valence-electron chi connectivity index (χ2n) is 4.46. The Morgan fingerprint density at radius 3 is 2.53 bits per heavy atom. The summed E-state index contributed by atoms with van der Waals surface area (Å²) in [5, 5.41) is 10.9. The maximum absolute atomic E-state index is 11.1. The number of anilines is 1. The van der Waals surface area contributed by atoms with Crippen LogP contribution in [0.2, 0.25) is 0 Å². The Hall–Kier alpha value is -1.81. The zero-order chi connectivity index (χ0) is 13.8. The number of hydrogen-bond acceptors (Lipinski definition) is 3. The van der Waals surface area contributed by atoms with Gasteiger partial charge in [0.25, 0.3) is 0 Å². The Morgan fingerprint density at radius 1 is 1.26 bits per heavy atom. The lowest BCUT2D eigenvalue weighted by atomic mass is 10.1. The summed E-state index contributed by atoms with van der Waals surface area (Å²) < 4.78 is 0. The molecule has 0 amide bonds. The van der Waals surface area contributed by atoms with E-state index in [-0.39, 0.29) is 0 Å². The van der Waals surface area contributed by atoms with Crippen LogP contribution in [0.5, 0.6) is 0 Å². The van der Waals surface area contributed by atoms with Crippen molar-refractivity contribution >= 4 is 23.0 Å². The molecule has 0 fully saturated rings. The summed E-state index contributed by atoms with van der Waals surface area (Å²) in [6.07, 6.45) is 1.03. The fraction of sp³-hybridized carbons (Fsp3) is 0.267. The molecule has 0 radical (unpaired) electrons. The lowest BCUT2D eigenvalue weighted by Gasteiger charge is -2.19. The first-order chi connectivity index (χ1) is 9.11. The molecule has 0 spiro atoms. The number of nitrogens with zero attached hydrogens (tertiary/aromatic N) is 1. The Balaban J connectivity index is 2.13. The molecule has 4 heteroatoms. The van der Waals surface area contributed by atoms with E-state index < -0.39 is 5.97 Å². The minimum atomic E-state index is -0.847. The highest BCUT2D eigenvalue weighted by Gasteiger charge is 2.13. The van der Waals surface area contributed by atoms with E-state index in [1.54, 1.807) is 0 Å². The molecule has 0 bridgehead atoms. The number of carboxylic acids is 1. The molecule has 0 aliphatic heterocycles. The van der Waals surface area contributed by atoms with Gasteiger partial charge in [-0.3, -0.25) is 0 Å². The lowest BCUT2D eigenvalue weighted by molar-refractivity contribution is 0.0701. The van der Waals surface area contributed by atoms with E-state index in [1.165, 1.54) is 16.9 Å². The standard InChI is InChI=1S/C15H17NO2S/c1-3-11-4-6-13(7-5-11)16(2)10-12-8-9-19-14(12)15(17)18/h4-9H,3,10H2,1-2H3,(H,17,18). The van der Waals surface area contributed by atoms with Crippen molar-refractivity contribution in [2.75, 3.05) is 11.9 Å². The molecule has 2 aromatic rings. The van der Waals surface area contributed by atoms with Gasteiger partial charge >= 0.3 is 5.97 Å². The first kappa shape index (κ1) is 13.6. The molecule has 1 aromatic heterocycles. The predicted molar refractivity (Wildman–Crippen MR) is 79.2 cm³/mol. The average Bonchev–Trinajstić information content (AvgIpc) is 2.87. The van der Waals surface area contributed by atoms with Crippen LogP contribution in [0.3, 0.4) is 0 Å². The van der Waals surface area contributed by atoms with Crippen LogP contribution < -0.4 is 4.90 Å². The summed E-state index contributed by atoms with van der Waals surface area (Å²) in [6.45, 7) is 2.74. The molecular weight excluding hydrogens is 258 g/mol. The smallest absolute Gasteiger partial charge is 0.346 e. The predicted octanol–water partition coefficient (Wildman–Crippen LogP) is 3.65. The number of benzene rings is 1. The number of carboxylic acid groups (broad SMARTS) is 1. The highest BCUT2D eigenvalue weighted by atomic mass is 32.1. The number of thiophene rings is 1. The van der Waals surface area contributed by atoms with Gasteiger partial charge in [-0.25, -0.2) is 4.79 Å². The van der Waals surface area contributed by atoms with Crippen molar-refractivity contribution in [3.8, 4) is 0 Å². The van der Waals surface area contributed by atoms with Crippen LogP contribution in [0.15, 0.2) is 35.7 Å². The van der Waals surface area contributed by atoms with Crippen molar-refractivity contribution in [3.63, 3.8) is 0 Å². The first-order valence-corrected chi connectivity index (χ1v) is 7.09. The molecule has 0 saturated carbocycles. The van der Waals surface area contributed by atoms with Crippen molar-refractivity contribution in [1.29, 1.82) is 0 Å². The molecule has 19 heavy (non-hydrogen) atoms. The fourth-order valence-electron chi connectivity index (χ4n) is 1.98. The molecule has 3 nitrogen and oxygen atoms in total. The maximum atomic E-state index is 11.1. The van der Waals surface area contributed by atoms with Gasteiger partial charge in [0.15, 0.2) is 0 Å². The molecule has 0 unspecified atom stereocenters. The van der Waals surface area contributed by atoms with Crippen LogP contribution in [0.1, 0.15) is 27.7 Å². The van der Waals surface area contributed by atoms with Crippen LogP contribution in [-0.4, -0.2) is 18.1 Å². The molecule has 2 rings (SSSR count). The maximum Gasteiger partial charge on any atom is 0.346 e. The van der Waals surface area contributed by atoms with E-state index in [0.29, 0.717) is 11.4 Å². The third-order valence-corrected chi connectivity index (χ3v) is 4.08. The van der Waals surface area contributed by atoms with E-state index in [4.69, 9.17) is 5.11 Å². The Morgan fingerprint density at radius 2 is 1.95 bits per heavy atom. The second kappa shape index (κ2) is 5.89. The lowest BCUT2D eigenvalue weighted by Crippen LogP contribution is -2.17. The monoisotopic (exact) mass is 275 g/mol. The Bertz CT molecular complexity index is 560. The molecule has 0 aliphatic rings. The molecule has 1 aromatic carbocycles. The van der Waals surface area contributed by atoms with Crippen molar-refractivity contribution in [2.45, 2.75) is 19.9 Å². The van der Waals surface area contributed by atoms with Crippen LogP contribution in [0.4, 0.5) is 5.69 Å². The zero-order valence-corrected chi connectivity index (χ0v) is 11.9. The van der Waals surface area contributed by atoms with Gasteiger partial charge in [0.2, 0.25) is 0 Å². The van der Waals surface area contributed by atoms with E-state index in [0.717, 1.165) is 17.7 Å². The van der Waals surface area contributed by atoms with Crippen LogP contribution in [0.25, 0.3) is 0 Å². The van der Waals surface area contributed by atoms with Crippen LogP contribution in [-0.2, 0) is 13.0 Å². The molecule has 1 heterocycles. The quantitative estimate of drug-likeness (QED) is 0.905. The van der Waals surface area contributed by atoms with Crippen LogP contribution in [0, 0.1) is 0 Å². The summed E-state index contributed by atoms with van der Waals surface area (Å²) >= 11 is 1.27. The third-order valence-electron chi connectivity index (χ3n) is 3.13. The largest absolute Gasteiger partial charge is 0.477 e. The zero-order valence-electron chi connectivity index (χ0n) is 11.1. The summed E-state index contributed by atoms with van der Waals surface area (Å²) in [5.74, 6) is -0.847. The van der Waals surface area contributed by atoms with E-state index in [2.05, 4.69) is 36.1 Å². The molecule has 0 atom stereocenters. The molecular formula is C15H17NO2S. The number of hydrogen-bond donors (Lipinski definition) is 1. The van der Waals surface area contributed by atoms with Gasteiger partial charge in [0, 0.05) is 19.3 Å². The van der Waals surface area contributed by atoms with E-state index in [1.807, 2.05) is 18.5 Å². The number of aryl methyl sites for hydroxylation is 1. The molecule has 100 valence electrons. The van der Waals surface area contributed by atoms with Gasteiger partial charge < -0.3 is 10.0 Å². The van der Waals surface area contributed by atoms with E-state index >= 15 is 0 Å². The van der Waals surface area contributed by atoms with Crippen molar-refractivity contribution in [3.05, 3.63) is 51.7 Å². The SMILES string of the molecule is CCc1ccc(N(C)Cc2ccsc2C(=O)O)cc1. The van der Waals surface area contributed by atoms with Gasteiger partial charge in [-0.05, 0) is 41.1 Å². The minimum Gasteiger partial charge on any atom is -0.477 e. The summed E-state index contributed by atoms with van der Waals surface area (Å²) in [4.78, 5) is 13.6. The molecule has 0 saturated heterocycles. The number of rotatable bonds is 5. The summed E-state index contributed by atoms with van der Waals surface area (Å²) in [6, 6.07) is 10.2. The Kier molecular flexibility index (Phi) is 4.22. The number of carbonyl (C=O) groups is 1. The Labute approximate surface area is 117 Å². The number of aromatic carboxylic acids is 1. The molecule has 0 aliphatic carbocycles. The van der Waals surface area contributed by atoms with E-state index in [9.17, 15) is 4.79 Å². The van der Waals surface area contributed by atoms with Crippen molar-refractivity contribution in [1.82, 2.24) is 0 Å². The minimum absolute atomic E-state index is 0.428. The summed E-state index contributed by atoms with van der Waals surface area (Å²) in [5.41, 5.74) is 3.26. The third kappa shape index (κ3) is 3.15. The second-order valence-corrected chi connectivity index (χ2v) is 5.37. The van der Waals surface area contributed by atoms with Gasteiger partial charge in [-0.1, -0.05) is 19.1 Å². The van der Waals surface area contributed by atoms with Crippen molar-refractivity contribution in [2.24, 2.45) is 0 Å². The normalized spacial score (nSPS) is 10.4.